The van der Waals surface area contributed by atoms with Crippen LogP contribution < -0.4 is 10.1 Å². The van der Waals surface area contributed by atoms with E-state index < -0.39 is 0 Å². The molecule has 2 rings (SSSR count). The monoisotopic (exact) mass is 375 g/mol. The zero-order valence-electron chi connectivity index (χ0n) is 13.9. The van der Waals surface area contributed by atoms with Gasteiger partial charge in [0.05, 0.1) is 12.2 Å². The molecule has 3 nitrogen and oxygen atoms in total. The molecule has 0 aromatic heterocycles. The van der Waals surface area contributed by atoms with Gasteiger partial charge in [-0.05, 0) is 61.2 Å². The van der Waals surface area contributed by atoms with E-state index in [1.807, 2.05) is 38.1 Å². The van der Waals surface area contributed by atoms with Crippen molar-refractivity contribution < 1.29 is 9.53 Å². The van der Waals surface area contributed by atoms with Gasteiger partial charge in [0, 0.05) is 10.2 Å². The Hall–Kier alpha value is -1.81. The quantitative estimate of drug-likeness (QED) is 0.764. The van der Waals surface area contributed by atoms with Gasteiger partial charge in [0.2, 0.25) is 0 Å². The molecule has 0 saturated heterocycles. The fraction of sp³-hybridized carbons (Fsp3) is 0.316. The second-order valence-corrected chi connectivity index (χ2v) is 7.09. The van der Waals surface area contributed by atoms with Crippen LogP contribution in [-0.4, -0.2) is 12.5 Å². The summed E-state index contributed by atoms with van der Waals surface area (Å²) in [5, 5.41) is 2.96. The second kappa shape index (κ2) is 7.64. The molecule has 0 bridgehead atoms. The van der Waals surface area contributed by atoms with E-state index in [2.05, 4.69) is 41.2 Å². The number of hydrogen-bond acceptors (Lipinski definition) is 2. The molecule has 1 amide bonds. The standard InChI is InChI=1S/C19H22BrNO2/c1-12(2)11-23-18-6-5-15(20)10-17(18)19(22)21-16-8-13(3)7-14(4)9-16/h5-10,12H,11H2,1-4H3,(H,21,22). The van der Waals surface area contributed by atoms with Crippen molar-refractivity contribution in [2.24, 2.45) is 5.92 Å². The molecule has 4 heteroatoms. The average molecular weight is 376 g/mol. The lowest BCUT2D eigenvalue weighted by Gasteiger charge is -2.14. The molecule has 2 aromatic rings. The highest BCUT2D eigenvalue weighted by Gasteiger charge is 2.14. The van der Waals surface area contributed by atoms with Gasteiger partial charge in [-0.15, -0.1) is 0 Å². The molecule has 2 aromatic carbocycles. The van der Waals surface area contributed by atoms with Crippen LogP contribution in [0.15, 0.2) is 40.9 Å². The normalized spacial score (nSPS) is 10.7. The molecule has 0 aliphatic heterocycles. The van der Waals surface area contributed by atoms with E-state index >= 15 is 0 Å². The van der Waals surface area contributed by atoms with Crippen LogP contribution in [0, 0.1) is 19.8 Å². The minimum atomic E-state index is -0.171. The molecule has 0 heterocycles. The lowest BCUT2D eigenvalue weighted by atomic mass is 10.1. The third-order valence-corrected chi connectivity index (χ3v) is 3.73. The summed E-state index contributed by atoms with van der Waals surface area (Å²) in [5.74, 6) is 0.827. The molecule has 0 saturated carbocycles. The highest BCUT2D eigenvalue weighted by atomic mass is 79.9. The van der Waals surface area contributed by atoms with Gasteiger partial charge in [0.25, 0.3) is 5.91 Å². The summed E-state index contributed by atoms with van der Waals surface area (Å²) in [5.41, 5.74) is 3.55. The Labute approximate surface area is 146 Å². The van der Waals surface area contributed by atoms with Crippen molar-refractivity contribution in [1.29, 1.82) is 0 Å². The van der Waals surface area contributed by atoms with E-state index in [0.717, 1.165) is 21.3 Å². The summed E-state index contributed by atoms with van der Waals surface area (Å²) in [4.78, 5) is 12.6. The SMILES string of the molecule is Cc1cc(C)cc(NC(=O)c2cc(Br)ccc2OCC(C)C)c1. The van der Waals surface area contributed by atoms with Crippen LogP contribution in [0.25, 0.3) is 0 Å². The Morgan fingerprint density at radius 2 is 1.78 bits per heavy atom. The van der Waals surface area contributed by atoms with E-state index in [1.54, 1.807) is 6.07 Å². The van der Waals surface area contributed by atoms with Crippen molar-refractivity contribution in [3.8, 4) is 5.75 Å². The highest BCUT2D eigenvalue weighted by Crippen LogP contribution is 2.25. The van der Waals surface area contributed by atoms with Gasteiger partial charge >= 0.3 is 0 Å². The number of rotatable bonds is 5. The maximum Gasteiger partial charge on any atom is 0.259 e. The molecule has 0 radical (unpaired) electrons. The van der Waals surface area contributed by atoms with Gasteiger partial charge in [-0.25, -0.2) is 0 Å². The maximum absolute atomic E-state index is 12.6. The number of anilines is 1. The Morgan fingerprint density at radius 3 is 2.39 bits per heavy atom. The van der Waals surface area contributed by atoms with E-state index in [9.17, 15) is 4.79 Å². The van der Waals surface area contributed by atoms with Crippen molar-refractivity contribution in [3.05, 3.63) is 57.6 Å². The molecule has 122 valence electrons. The smallest absolute Gasteiger partial charge is 0.259 e. The van der Waals surface area contributed by atoms with Gasteiger partial charge in [-0.3, -0.25) is 4.79 Å². The Kier molecular flexibility index (Phi) is 5.83. The Morgan fingerprint density at radius 1 is 1.13 bits per heavy atom. The molecular weight excluding hydrogens is 354 g/mol. The summed E-state index contributed by atoms with van der Waals surface area (Å²) < 4.78 is 6.63. The fourth-order valence-electron chi connectivity index (χ4n) is 2.31. The van der Waals surface area contributed by atoms with Crippen molar-refractivity contribution >= 4 is 27.5 Å². The number of benzene rings is 2. The number of carbonyl (C=O) groups excluding carboxylic acids is 1. The molecule has 0 fully saturated rings. The summed E-state index contributed by atoms with van der Waals surface area (Å²) >= 11 is 3.42. The largest absolute Gasteiger partial charge is 0.492 e. The van der Waals surface area contributed by atoms with Crippen molar-refractivity contribution in [3.63, 3.8) is 0 Å². The number of halogens is 1. The third-order valence-electron chi connectivity index (χ3n) is 3.24. The van der Waals surface area contributed by atoms with E-state index in [-0.39, 0.29) is 5.91 Å². The Bertz CT molecular complexity index is 690. The minimum absolute atomic E-state index is 0.171. The number of carbonyl (C=O) groups is 1. The van der Waals surface area contributed by atoms with Crippen LogP contribution in [0.1, 0.15) is 35.3 Å². The molecule has 0 atom stereocenters. The highest BCUT2D eigenvalue weighted by molar-refractivity contribution is 9.10. The van der Waals surface area contributed by atoms with Crippen LogP contribution >= 0.6 is 15.9 Å². The van der Waals surface area contributed by atoms with Gasteiger partial charge in [-0.2, -0.15) is 0 Å². The minimum Gasteiger partial charge on any atom is -0.492 e. The van der Waals surface area contributed by atoms with Crippen LogP contribution in [0.3, 0.4) is 0 Å². The predicted octanol–water partition coefficient (Wildman–Crippen LogP) is 5.35. The van der Waals surface area contributed by atoms with Crippen LogP contribution in [-0.2, 0) is 0 Å². The lowest BCUT2D eigenvalue weighted by Crippen LogP contribution is -2.15. The first-order valence-electron chi connectivity index (χ1n) is 7.67. The zero-order chi connectivity index (χ0) is 17.0. The summed E-state index contributed by atoms with van der Waals surface area (Å²) in [7, 11) is 0. The van der Waals surface area contributed by atoms with Crippen molar-refractivity contribution in [2.75, 3.05) is 11.9 Å². The topological polar surface area (TPSA) is 38.3 Å². The van der Waals surface area contributed by atoms with E-state index in [4.69, 9.17) is 4.74 Å². The molecular formula is C19H22BrNO2. The van der Waals surface area contributed by atoms with Gasteiger partial charge < -0.3 is 10.1 Å². The van der Waals surface area contributed by atoms with E-state index in [0.29, 0.717) is 23.8 Å². The maximum atomic E-state index is 12.6. The molecule has 0 unspecified atom stereocenters. The number of ether oxygens (including phenoxy) is 1. The molecule has 1 N–H and O–H groups in total. The molecule has 0 spiro atoms. The molecule has 0 aliphatic carbocycles. The molecule has 0 aliphatic rings. The molecule has 23 heavy (non-hydrogen) atoms. The lowest BCUT2D eigenvalue weighted by molar-refractivity contribution is 0.102. The second-order valence-electron chi connectivity index (χ2n) is 6.18. The van der Waals surface area contributed by atoms with Crippen molar-refractivity contribution in [2.45, 2.75) is 27.7 Å². The first-order chi connectivity index (χ1) is 10.8. The van der Waals surface area contributed by atoms with Crippen LogP contribution in [0.2, 0.25) is 0 Å². The number of amides is 1. The van der Waals surface area contributed by atoms with E-state index in [1.165, 1.54) is 0 Å². The van der Waals surface area contributed by atoms with Gasteiger partial charge in [-0.1, -0.05) is 35.8 Å². The summed E-state index contributed by atoms with van der Waals surface area (Å²) in [6.45, 7) is 8.76. The fourth-order valence-corrected chi connectivity index (χ4v) is 2.67. The van der Waals surface area contributed by atoms with Gasteiger partial charge in [0.15, 0.2) is 0 Å². The number of hydrogen-bond donors (Lipinski definition) is 1. The third kappa shape index (κ3) is 5.10. The zero-order valence-corrected chi connectivity index (χ0v) is 15.5. The van der Waals surface area contributed by atoms with Crippen LogP contribution in [0.5, 0.6) is 5.75 Å². The predicted molar refractivity (Wildman–Crippen MR) is 98.3 cm³/mol. The summed E-state index contributed by atoms with van der Waals surface area (Å²) in [6.07, 6.45) is 0. The van der Waals surface area contributed by atoms with Crippen molar-refractivity contribution in [1.82, 2.24) is 0 Å². The van der Waals surface area contributed by atoms with Gasteiger partial charge in [0.1, 0.15) is 5.75 Å². The Balaban J connectivity index is 2.25. The first-order valence-corrected chi connectivity index (χ1v) is 8.46. The number of aryl methyl sites for hydroxylation is 2. The summed E-state index contributed by atoms with van der Waals surface area (Å²) in [6, 6.07) is 11.5. The number of nitrogens with one attached hydrogen (secondary N) is 1. The van der Waals surface area contributed by atoms with Crippen LogP contribution in [0.4, 0.5) is 5.69 Å². The first kappa shape index (κ1) is 17.5. The average Bonchev–Trinajstić information content (AvgIpc) is 2.44.